The lowest BCUT2D eigenvalue weighted by molar-refractivity contribution is 0.287. The maximum Gasteiger partial charge on any atom is 0.146 e. The number of hydrogen-bond donors (Lipinski definition) is 0. The zero-order valence-corrected chi connectivity index (χ0v) is 14.0. The number of piperazine rings is 1. The standard InChI is InChI=1S/C14H18BrClN4/c1-10(16)14-17-12-4-3-11(15)9-13(12)20(14)19-7-5-18(2)6-8-19/h3-4,9-10H,5-8H2,1-2H3. The Hall–Kier alpha value is -0.780. The van der Waals surface area contributed by atoms with Gasteiger partial charge in [-0.1, -0.05) is 15.9 Å². The maximum atomic E-state index is 6.34. The summed E-state index contributed by atoms with van der Waals surface area (Å²) in [5, 5.41) is 2.23. The second-order valence-corrected chi connectivity index (χ2v) is 6.86. The molecule has 1 aromatic heterocycles. The number of aromatic nitrogens is 2. The maximum absolute atomic E-state index is 6.34. The van der Waals surface area contributed by atoms with Crippen molar-refractivity contribution in [2.45, 2.75) is 12.3 Å². The summed E-state index contributed by atoms with van der Waals surface area (Å²) in [6, 6.07) is 6.17. The van der Waals surface area contributed by atoms with Crippen molar-refractivity contribution in [3.05, 3.63) is 28.5 Å². The van der Waals surface area contributed by atoms with Crippen LogP contribution in [0.2, 0.25) is 0 Å². The molecule has 0 radical (unpaired) electrons. The van der Waals surface area contributed by atoms with Gasteiger partial charge in [0.2, 0.25) is 0 Å². The van der Waals surface area contributed by atoms with Crippen molar-refractivity contribution in [3.63, 3.8) is 0 Å². The van der Waals surface area contributed by atoms with Gasteiger partial charge in [-0.2, -0.15) is 0 Å². The van der Waals surface area contributed by atoms with Gasteiger partial charge in [-0.25, -0.2) is 9.66 Å². The van der Waals surface area contributed by atoms with E-state index in [0.29, 0.717) is 0 Å². The number of benzene rings is 1. The monoisotopic (exact) mass is 356 g/mol. The van der Waals surface area contributed by atoms with Crippen molar-refractivity contribution < 1.29 is 0 Å². The highest BCUT2D eigenvalue weighted by Gasteiger charge is 2.22. The highest BCUT2D eigenvalue weighted by molar-refractivity contribution is 9.10. The molecule has 1 aromatic carbocycles. The van der Waals surface area contributed by atoms with E-state index in [-0.39, 0.29) is 5.38 Å². The Morgan fingerprint density at radius 2 is 1.95 bits per heavy atom. The Morgan fingerprint density at radius 1 is 1.25 bits per heavy atom. The number of rotatable bonds is 2. The molecule has 0 spiro atoms. The predicted molar refractivity (Wildman–Crippen MR) is 87.1 cm³/mol. The molecule has 108 valence electrons. The first kappa shape index (κ1) is 14.2. The van der Waals surface area contributed by atoms with Crippen LogP contribution in [0.3, 0.4) is 0 Å². The third-order valence-electron chi connectivity index (χ3n) is 3.74. The minimum atomic E-state index is -0.110. The summed E-state index contributed by atoms with van der Waals surface area (Å²) in [4.78, 5) is 7.05. The van der Waals surface area contributed by atoms with Gasteiger partial charge in [0.15, 0.2) is 0 Å². The van der Waals surface area contributed by atoms with E-state index in [4.69, 9.17) is 16.6 Å². The summed E-state index contributed by atoms with van der Waals surface area (Å²) in [6.45, 7) is 6.08. The SMILES string of the molecule is CC(Cl)c1nc2ccc(Br)cc2n1N1CCN(C)CC1. The van der Waals surface area contributed by atoms with E-state index in [1.807, 2.05) is 19.1 Å². The number of halogens is 2. The lowest BCUT2D eigenvalue weighted by Gasteiger charge is -2.36. The summed E-state index contributed by atoms with van der Waals surface area (Å²) in [6.07, 6.45) is 0. The molecule has 6 heteroatoms. The molecule has 1 aliphatic heterocycles. The predicted octanol–water partition coefficient (Wildman–Crippen LogP) is 2.98. The van der Waals surface area contributed by atoms with Crippen molar-refractivity contribution >= 4 is 38.6 Å². The molecule has 0 bridgehead atoms. The van der Waals surface area contributed by atoms with E-state index in [1.165, 1.54) is 0 Å². The molecule has 20 heavy (non-hydrogen) atoms. The van der Waals surface area contributed by atoms with Crippen LogP contribution < -0.4 is 5.01 Å². The quantitative estimate of drug-likeness (QED) is 0.772. The second-order valence-electron chi connectivity index (χ2n) is 5.29. The first-order valence-corrected chi connectivity index (χ1v) is 8.05. The molecule has 2 heterocycles. The Kier molecular flexibility index (Phi) is 3.93. The lowest BCUT2D eigenvalue weighted by Crippen LogP contribution is -2.50. The minimum Gasteiger partial charge on any atom is -0.308 e. The number of alkyl halides is 1. The van der Waals surface area contributed by atoms with Crippen LogP contribution in [0.1, 0.15) is 18.1 Å². The van der Waals surface area contributed by atoms with Crippen LogP contribution in [0, 0.1) is 0 Å². The van der Waals surface area contributed by atoms with E-state index in [2.05, 4.69) is 43.6 Å². The largest absolute Gasteiger partial charge is 0.308 e. The van der Waals surface area contributed by atoms with Crippen LogP contribution >= 0.6 is 27.5 Å². The van der Waals surface area contributed by atoms with Crippen LogP contribution in [0.25, 0.3) is 11.0 Å². The molecule has 0 amide bonds. The van der Waals surface area contributed by atoms with Gasteiger partial charge < -0.3 is 9.91 Å². The van der Waals surface area contributed by atoms with E-state index in [0.717, 1.165) is 47.5 Å². The molecule has 1 aliphatic rings. The first-order chi connectivity index (χ1) is 9.56. The Morgan fingerprint density at radius 3 is 2.60 bits per heavy atom. The first-order valence-electron chi connectivity index (χ1n) is 6.82. The molecular weight excluding hydrogens is 340 g/mol. The number of likely N-dealkylation sites (N-methyl/N-ethyl adjacent to an activating group) is 1. The van der Waals surface area contributed by atoms with Gasteiger partial charge in [-0.3, -0.25) is 0 Å². The Bertz CT molecular complexity index is 617. The molecule has 0 N–H and O–H groups in total. The van der Waals surface area contributed by atoms with Crippen molar-refractivity contribution in [1.82, 2.24) is 14.6 Å². The van der Waals surface area contributed by atoms with Crippen LogP contribution in [-0.4, -0.2) is 47.8 Å². The van der Waals surface area contributed by atoms with Crippen LogP contribution in [0.4, 0.5) is 0 Å². The molecule has 0 aliphatic carbocycles. The number of imidazole rings is 1. The summed E-state index contributed by atoms with van der Waals surface area (Å²) < 4.78 is 3.26. The van der Waals surface area contributed by atoms with Crippen molar-refractivity contribution in [2.24, 2.45) is 0 Å². The van der Waals surface area contributed by atoms with E-state index in [1.54, 1.807) is 0 Å². The van der Waals surface area contributed by atoms with E-state index < -0.39 is 0 Å². The zero-order valence-electron chi connectivity index (χ0n) is 11.7. The smallest absolute Gasteiger partial charge is 0.146 e. The molecule has 3 rings (SSSR count). The van der Waals surface area contributed by atoms with Crippen LogP contribution in [0.15, 0.2) is 22.7 Å². The summed E-state index contributed by atoms with van der Waals surface area (Å²) in [5.74, 6) is 0.921. The normalized spacial score (nSPS) is 18.7. The van der Waals surface area contributed by atoms with E-state index in [9.17, 15) is 0 Å². The zero-order chi connectivity index (χ0) is 14.3. The number of fused-ring (bicyclic) bond motifs is 1. The van der Waals surface area contributed by atoms with Crippen molar-refractivity contribution in [2.75, 3.05) is 38.2 Å². The third kappa shape index (κ3) is 2.54. The summed E-state index contributed by atoms with van der Waals surface area (Å²) in [5.41, 5.74) is 2.11. The average Bonchev–Trinajstić information content (AvgIpc) is 2.78. The fourth-order valence-corrected chi connectivity index (χ4v) is 3.10. The molecule has 1 atom stereocenters. The van der Waals surface area contributed by atoms with Crippen molar-refractivity contribution in [3.8, 4) is 0 Å². The summed E-state index contributed by atoms with van der Waals surface area (Å²) >= 11 is 9.88. The van der Waals surface area contributed by atoms with Crippen molar-refractivity contribution in [1.29, 1.82) is 0 Å². The van der Waals surface area contributed by atoms with Gasteiger partial charge >= 0.3 is 0 Å². The fourth-order valence-electron chi connectivity index (χ4n) is 2.61. The lowest BCUT2D eigenvalue weighted by atomic mass is 10.3. The van der Waals surface area contributed by atoms with E-state index >= 15 is 0 Å². The van der Waals surface area contributed by atoms with Gasteiger partial charge in [-0.15, -0.1) is 11.6 Å². The third-order valence-corrected chi connectivity index (χ3v) is 4.42. The van der Waals surface area contributed by atoms with Gasteiger partial charge in [0, 0.05) is 30.7 Å². The van der Waals surface area contributed by atoms with Gasteiger partial charge in [0.25, 0.3) is 0 Å². The Labute approximate surface area is 132 Å². The van der Waals surface area contributed by atoms with Gasteiger partial charge in [0.05, 0.1) is 16.4 Å². The molecule has 1 fully saturated rings. The number of hydrogen-bond acceptors (Lipinski definition) is 3. The molecular formula is C14H18BrClN4. The number of nitrogens with zero attached hydrogens (tertiary/aromatic N) is 4. The van der Waals surface area contributed by atoms with Gasteiger partial charge in [0.1, 0.15) is 5.82 Å². The molecule has 1 saturated heterocycles. The molecule has 0 saturated carbocycles. The molecule has 1 unspecified atom stereocenters. The van der Waals surface area contributed by atoms with Crippen LogP contribution in [-0.2, 0) is 0 Å². The highest BCUT2D eigenvalue weighted by Crippen LogP contribution is 2.27. The fraction of sp³-hybridized carbons (Fsp3) is 0.500. The Balaban J connectivity index is 2.10. The topological polar surface area (TPSA) is 24.3 Å². The molecule has 2 aromatic rings. The molecule has 4 nitrogen and oxygen atoms in total. The minimum absolute atomic E-state index is 0.110. The highest BCUT2D eigenvalue weighted by atomic mass is 79.9. The second kappa shape index (κ2) is 5.54. The summed E-state index contributed by atoms with van der Waals surface area (Å²) in [7, 11) is 2.16. The van der Waals surface area contributed by atoms with Crippen LogP contribution in [0.5, 0.6) is 0 Å². The average molecular weight is 358 g/mol. The van der Waals surface area contributed by atoms with Gasteiger partial charge in [-0.05, 0) is 32.2 Å².